The topological polar surface area (TPSA) is 96.0 Å². The standard InChI is InChI=1S/C27H29Cl2N3O5S/c1-4-25(27(34)30-2)31(17-22-23(28)11-8-12-24(22)29)26(33)18-32(19-9-6-5-7-10-19)38(35,36)21-15-13-20(37-3)14-16-21/h5-16,25H,4,17-18H2,1-3H3,(H,30,34)/t25-/m0/s1. The lowest BCUT2D eigenvalue weighted by atomic mass is 10.1. The van der Waals surface area contributed by atoms with Crippen LogP contribution in [0.5, 0.6) is 5.75 Å². The highest BCUT2D eigenvalue weighted by atomic mass is 35.5. The van der Waals surface area contributed by atoms with Gasteiger partial charge in [0.1, 0.15) is 18.3 Å². The van der Waals surface area contributed by atoms with Crippen molar-refractivity contribution in [2.75, 3.05) is 25.0 Å². The Kier molecular flexibility index (Phi) is 10.0. The second-order valence-corrected chi connectivity index (χ2v) is 11.0. The van der Waals surface area contributed by atoms with Gasteiger partial charge in [0, 0.05) is 29.2 Å². The Hall–Kier alpha value is -3.27. The SMILES string of the molecule is CC[C@@H](C(=O)NC)N(Cc1c(Cl)cccc1Cl)C(=O)CN(c1ccccc1)S(=O)(=O)c1ccc(OC)cc1. The van der Waals surface area contributed by atoms with Crippen molar-refractivity contribution >= 4 is 50.7 Å². The van der Waals surface area contributed by atoms with Crippen LogP contribution in [-0.4, -0.2) is 51.9 Å². The van der Waals surface area contributed by atoms with Gasteiger partial charge in [-0.05, 0) is 55.0 Å². The maximum atomic E-state index is 13.9. The summed E-state index contributed by atoms with van der Waals surface area (Å²) in [6.07, 6.45) is 0.282. The van der Waals surface area contributed by atoms with Gasteiger partial charge in [0.05, 0.1) is 17.7 Å². The number of anilines is 1. The highest BCUT2D eigenvalue weighted by Crippen LogP contribution is 2.29. The van der Waals surface area contributed by atoms with Crippen LogP contribution < -0.4 is 14.4 Å². The summed E-state index contributed by atoms with van der Waals surface area (Å²) in [4.78, 5) is 27.9. The zero-order valence-electron chi connectivity index (χ0n) is 21.2. The molecule has 0 aliphatic heterocycles. The van der Waals surface area contributed by atoms with E-state index in [9.17, 15) is 18.0 Å². The Morgan fingerprint density at radius 1 is 0.947 bits per heavy atom. The fourth-order valence-electron chi connectivity index (χ4n) is 3.94. The smallest absolute Gasteiger partial charge is 0.264 e. The molecular weight excluding hydrogens is 549 g/mol. The molecule has 8 nitrogen and oxygen atoms in total. The molecule has 3 rings (SSSR count). The normalized spacial score (nSPS) is 11.9. The zero-order chi connectivity index (χ0) is 27.9. The molecule has 0 fully saturated rings. The van der Waals surface area contributed by atoms with Crippen LogP contribution in [0.3, 0.4) is 0 Å². The van der Waals surface area contributed by atoms with E-state index in [0.29, 0.717) is 27.0 Å². The number of likely N-dealkylation sites (N-methyl/N-ethyl adjacent to an activating group) is 1. The first-order valence-electron chi connectivity index (χ1n) is 11.8. The third-order valence-corrected chi connectivity index (χ3v) is 8.49. The number of para-hydroxylation sites is 1. The Morgan fingerprint density at radius 3 is 2.08 bits per heavy atom. The van der Waals surface area contributed by atoms with E-state index in [0.717, 1.165) is 4.31 Å². The molecule has 2 amide bonds. The van der Waals surface area contributed by atoms with Crippen LogP contribution in [0.4, 0.5) is 5.69 Å². The Labute approximate surface area is 233 Å². The summed E-state index contributed by atoms with van der Waals surface area (Å²) in [5.74, 6) is -0.504. The predicted molar refractivity (Wildman–Crippen MR) is 149 cm³/mol. The number of benzene rings is 3. The number of halogens is 2. The van der Waals surface area contributed by atoms with Crippen LogP contribution in [0.2, 0.25) is 10.0 Å². The molecule has 202 valence electrons. The van der Waals surface area contributed by atoms with Crippen LogP contribution >= 0.6 is 23.2 Å². The quantitative estimate of drug-likeness (QED) is 0.354. The van der Waals surface area contributed by atoms with E-state index in [1.165, 1.54) is 43.3 Å². The Bertz CT molecular complexity index is 1350. The van der Waals surface area contributed by atoms with Gasteiger partial charge in [-0.2, -0.15) is 0 Å². The van der Waals surface area contributed by atoms with Gasteiger partial charge in [0.2, 0.25) is 11.8 Å². The van der Waals surface area contributed by atoms with Gasteiger partial charge in [0.15, 0.2) is 0 Å². The van der Waals surface area contributed by atoms with Crippen LogP contribution in [-0.2, 0) is 26.2 Å². The molecule has 38 heavy (non-hydrogen) atoms. The summed E-state index contributed by atoms with van der Waals surface area (Å²) < 4.78 is 33.7. The van der Waals surface area contributed by atoms with Crippen LogP contribution in [0.1, 0.15) is 18.9 Å². The minimum atomic E-state index is -4.18. The van der Waals surface area contributed by atoms with E-state index >= 15 is 0 Å². The minimum absolute atomic E-state index is 0.0194. The number of hydrogen-bond donors (Lipinski definition) is 1. The first-order chi connectivity index (χ1) is 18.1. The summed E-state index contributed by atoms with van der Waals surface area (Å²) in [6.45, 7) is 1.11. The van der Waals surface area contributed by atoms with Gasteiger partial charge in [-0.1, -0.05) is 54.4 Å². The molecule has 0 aromatic heterocycles. The molecule has 11 heteroatoms. The molecule has 0 unspecified atom stereocenters. The van der Waals surface area contributed by atoms with Crippen LogP contribution in [0.25, 0.3) is 0 Å². The first-order valence-corrected chi connectivity index (χ1v) is 14.0. The van der Waals surface area contributed by atoms with E-state index in [2.05, 4.69) is 5.32 Å². The van der Waals surface area contributed by atoms with E-state index in [-0.39, 0.29) is 17.9 Å². The summed E-state index contributed by atoms with van der Waals surface area (Å²) >= 11 is 12.8. The summed E-state index contributed by atoms with van der Waals surface area (Å²) in [5.41, 5.74) is 0.746. The van der Waals surface area contributed by atoms with Gasteiger partial charge in [-0.15, -0.1) is 0 Å². The number of amides is 2. The van der Waals surface area contributed by atoms with E-state index in [1.807, 2.05) is 0 Å². The number of nitrogens with one attached hydrogen (secondary N) is 1. The third-order valence-electron chi connectivity index (χ3n) is 5.99. The summed E-state index contributed by atoms with van der Waals surface area (Å²) in [5, 5.41) is 3.23. The van der Waals surface area contributed by atoms with Crippen molar-refractivity contribution in [3.05, 3.63) is 88.4 Å². The lowest BCUT2D eigenvalue weighted by Gasteiger charge is -2.33. The highest BCUT2D eigenvalue weighted by Gasteiger charge is 2.34. The molecule has 0 spiro atoms. The molecule has 0 heterocycles. The molecule has 0 bridgehead atoms. The Morgan fingerprint density at radius 2 is 1.55 bits per heavy atom. The average Bonchev–Trinajstić information content (AvgIpc) is 2.93. The predicted octanol–water partition coefficient (Wildman–Crippen LogP) is 4.75. The van der Waals surface area contributed by atoms with Crippen molar-refractivity contribution in [1.82, 2.24) is 10.2 Å². The molecule has 0 aliphatic carbocycles. The number of hydrogen-bond acceptors (Lipinski definition) is 5. The van der Waals surface area contributed by atoms with Crippen LogP contribution in [0.15, 0.2) is 77.7 Å². The van der Waals surface area contributed by atoms with Crippen molar-refractivity contribution in [3.8, 4) is 5.75 Å². The fraction of sp³-hybridized carbons (Fsp3) is 0.259. The average molecular weight is 579 g/mol. The molecule has 0 radical (unpaired) electrons. The highest BCUT2D eigenvalue weighted by molar-refractivity contribution is 7.92. The molecule has 0 saturated carbocycles. The second-order valence-electron chi connectivity index (χ2n) is 8.28. The first kappa shape index (κ1) is 29.3. The van der Waals surface area contributed by atoms with Crippen molar-refractivity contribution in [2.24, 2.45) is 0 Å². The van der Waals surface area contributed by atoms with E-state index in [4.69, 9.17) is 27.9 Å². The van der Waals surface area contributed by atoms with Crippen molar-refractivity contribution in [3.63, 3.8) is 0 Å². The lowest BCUT2D eigenvalue weighted by Crippen LogP contribution is -2.51. The number of nitrogens with zero attached hydrogens (tertiary/aromatic N) is 2. The van der Waals surface area contributed by atoms with Crippen molar-refractivity contribution < 1.29 is 22.7 Å². The molecule has 0 aliphatic rings. The maximum Gasteiger partial charge on any atom is 0.264 e. The number of carbonyl (C=O) groups excluding carboxylic acids is 2. The van der Waals surface area contributed by atoms with Crippen molar-refractivity contribution in [2.45, 2.75) is 30.8 Å². The van der Waals surface area contributed by atoms with Gasteiger partial charge < -0.3 is 15.0 Å². The number of ether oxygens (including phenoxy) is 1. The molecular formula is C27H29Cl2N3O5S. The van der Waals surface area contributed by atoms with E-state index in [1.54, 1.807) is 55.5 Å². The minimum Gasteiger partial charge on any atom is -0.497 e. The van der Waals surface area contributed by atoms with Gasteiger partial charge in [-0.3, -0.25) is 13.9 Å². The van der Waals surface area contributed by atoms with Crippen LogP contribution in [0, 0.1) is 0 Å². The van der Waals surface area contributed by atoms with E-state index < -0.39 is 34.4 Å². The van der Waals surface area contributed by atoms with Crippen molar-refractivity contribution in [1.29, 1.82) is 0 Å². The maximum absolute atomic E-state index is 13.9. The number of carbonyl (C=O) groups is 2. The summed E-state index contributed by atoms with van der Waals surface area (Å²) in [6, 6.07) is 18.2. The van der Waals surface area contributed by atoms with Gasteiger partial charge in [0.25, 0.3) is 10.0 Å². The molecule has 3 aromatic rings. The number of sulfonamides is 1. The lowest BCUT2D eigenvalue weighted by molar-refractivity contribution is -0.140. The second kappa shape index (κ2) is 13.0. The third kappa shape index (κ3) is 6.59. The molecule has 1 N–H and O–H groups in total. The number of rotatable bonds is 11. The Balaban J connectivity index is 2.07. The fourth-order valence-corrected chi connectivity index (χ4v) is 5.87. The molecule has 0 saturated heterocycles. The molecule has 1 atom stereocenters. The largest absolute Gasteiger partial charge is 0.497 e. The van der Waals surface area contributed by atoms with Gasteiger partial charge >= 0.3 is 0 Å². The zero-order valence-corrected chi connectivity index (χ0v) is 23.6. The molecule has 3 aromatic carbocycles. The monoisotopic (exact) mass is 577 g/mol. The summed E-state index contributed by atoms with van der Waals surface area (Å²) in [7, 11) is -1.22. The number of methoxy groups -OCH3 is 1. The van der Waals surface area contributed by atoms with Gasteiger partial charge in [-0.25, -0.2) is 8.42 Å².